The predicted octanol–water partition coefficient (Wildman–Crippen LogP) is 4.28. The van der Waals surface area contributed by atoms with E-state index in [2.05, 4.69) is 85.4 Å². The molecule has 7 aliphatic rings. The van der Waals surface area contributed by atoms with E-state index in [9.17, 15) is 63.6 Å². The summed E-state index contributed by atoms with van der Waals surface area (Å²) in [6, 6.07) is 44.3. The van der Waals surface area contributed by atoms with Gasteiger partial charge in [-0.15, -0.1) is 23.2 Å². The van der Waals surface area contributed by atoms with Gasteiger partial charge in [-0.25, -0.2) is 43.2 Å². The zero-order valence-corrected chi connectivity index (χ0v) is 107. The standard InChI is InChI=1S/C16H22ClNO3.C16H21NO4.C16H21NO3.2C15H19NO4.C15H21NO3.C3H7.CCl2O.CH2ClI.CH3I.CH2O3.CH4.B.ClH.3K.Li.Mg.H2O.2H/c1-16(2,3)21-15(20)18-10-12-7-5-4-6-11(12)8-13(18)14(19)9-17;1-16(2,3)21-15(19)17-10-12-8-6-5-7-11(12)9-13(17)14(18)20-4;1-16(2,3)20-15(18)17-9-12-7-5-4-6-11(12)8-13(17)14-10-19-14;2*1-15(2,3)20-14(19)16-9-11-7-5-4-6-10(11)8-12(16)13(17)18;1-15(2,3)19-14(18)16-9-12-7-5-4-6-11(12)8-13(16)10-17;1-3-2;2-1(3)4;2-1-3;1-2;2-1-4-3;;;;;;;;;;;/h4-7,13-14,19H,8-10H2,1-3H3;5-8,13H,9-10H2,1-4H3;4-7,13-14H,8-10H2,1-3H3;2*4-7,12H,8-9H2,1-3H3,(H,17,18);4-7,13,17H,8-10H2,1-3H3;3H,1-2H3;;1H2;1H3;1,3H;1H4;;1H;;;;;;1H2;;/q;;;;;;-1;;;;;;;;4*+1;+2;;2*-1/p-3/t13-,14?;13-;13-,14?;2*12-;13-;;;;;;;;;;;;;;;;/m000000................/s1. The largest absolute Gasteiger partial charge is 2.00 e. The van der Waals surface area contributed by atoms with Crippen LogP contribution in [0.5, 0.6) is 0 Å². The molecule has 1 fully saturated rings. The number of aliphatic hydroxyl groups excluding tert-OH is 2. The Kier molecular flexibility index (Phi) is 82.5. The van der Waals surface area contributed by atoms with Crippen molar-refractivity contribution >= 4 is 189 Å². The Balaban J connectivity index is -0.000000214. The number of carbonyl (C=O) groups excluding carboxylic acids is 9. The van der Waals surface area contributed by atoms with E-state index in [4.69, 9.17) is 75.9 Å². The molecule has 0 saturated carbocycles. The summed E-state index contributed by atoms with van der Waals surface area (Å²) in [5, 5.41) is 46.7. The molecule has 146 heavy (non-hydrogen) atoms. The van der Waals surface area contributed by atoms with Gasteiger partial charge in [-0.2, -0.15) is 13.8 Å². The normalized spacial score (nSPS) is 17.0. The van der Waals surface area contributed by atoms with Crippen LogP contribution >= 0.6 is 91.6 Å². The molecule has 7 aliphatic heterocycles. The van der Waals surface area contributed by atoms with Crippen LogP contribution < -0.4 is 191 Å². The van der Waals surface area contributed by atoms with Gasteiger partial charge < -0.3 is 95.6 Å². The Bertz CT molecular complexity index is 4820. The van der Waals surface area contributed by atoms with Gasteiger partial charge in [0.05, 0.1) is 74.0 Å². The summed E-state index contributed by atoms with van der Waals surface area (Å²) in [5.41, 5.74) is 9.60. The molecule has 5 N–H and O–H groups in total. The van der Waals surface area contributed by atoms with Crippen LogP contribution in [0.2, 0.25) is 0 Å². The molecule has 32 nitrogen and oxygen atoms in total. The maximum Gasteiger partial charge on any atom is 2.00 e. The van der Waals surface area contributed by atoms with E-state index < -0.39 is 105 Å². The first-order valence-electron chi connectivity index (χ1n) is 44.2. The molecule has 3 radical (unpaired) electrons. The van der Waals surface area contributed by atoms with Gasteiger partial charge in [-0.3, -0.25) is 39.0 Å². The molecule has 6 aromatic rings. The third-order valence-electron chi connectivity index (χ3n) is 20.1. The average Bonchev–Trinajstić information content (AvgIpc) is 1.64. The molecule has 1 saturated heterocycles. The van der Waals surface area contributed by atoms with Crippen LogP contribution in [0, 0.1) is 6.42 Å². The summed E-state index contributed by atoms with van der Waals surface area (Å²) in [7, 11) is 1.33. The Hall–Kier alpha value is -2.46. The van der Waals surface area contributed by atoms with Gasteiger partial charge in [-0.1, -0.05) is 198 Å². The van der Waals surface area contributed by atoms with Crippen LogP contribution in [0.15, 0.2) is 146 Å². The third kappa shape index (κ3) is 58.0. The molecular weight excluding hydrogens is 2300 g/mol. The Morgan fingerprint density at radius 1 is 0.459 bits per heavy atom. The SMILES string of the molecule is C.CC(C)(C)OC(=O)N1Cc2ccccc2C[C@H]1C(=O)O.CC(C)(C)OC(=O)N1Cc2ccccc2C[C@H]1C(=O)O.CC(C)(C)OC(=O)N1Cc2ccccc2C[C@H]1C(O)CCl.CC(C)(C)OC(=O)N1Cc2ccccc2C[C@H]1C1CO1.CC(C)(C)OC(=O)N1Cc2ccccc2C[C@H]1CO.CI.COC(=O)[C@@H]1Cc2ccccc2CN1C(=O)OC(C)(C)C.C[CH-]C.ClCI.O=C(Cl)Cl.O=CO[O-].[B].[Cl-].[H-].[H-].[K+].[K+].[K+].[Li+].[Mg+2].[OH-]. The summed E-state index contributed by atoms with van der Waals surface area (Å²) in [6.45, 7) is 39.6. The van der Waals surface area contributed by atoms with Gasteiger partial charge in [0, 0.05) is 47.3 Å². The van der Waals surface area contributed by atoms with E-state index in [0.29, 0.717) is 62.2 Å². The van der Waals surface area contributed by atoms with Gasteiger partial charge in [-0.05, 0) is 239 Å². The Morgan fingerprint density at radius 3 is 0.904 bits per heavy atom. The molecule has 6 amide bonds. The molecule has 8 atom stereocenters. The number of amides is 6. The number of hydrogen-bond acceptors (Lipinski definition) is 24. The van der Waals surface area contributed by atoms with E-state index in [1.165, 1.54) is 38.5 Å². The van der Waals surface area contributed by atoms with Crippen molar-refractivity contribution in [2.45, 2.75) is 306 Å². The minimum atomic E-state index is -1.01. The number of rotatable bonds is 8. The van der Waals surface area contributed by atoms with Crippen molar-refractivity contribution in [3.8, 4) is 0 Å². The average molecular weight is 2450 g/mol. The van der Waals surface area contributed by atoms with Gasteiger partial charge in [0.1, 0.15) is 57.8 Å². The Morgan fingerprint density at radius 2 is 0.664 bits per heavy atom. The molecule has 791 valence electrons. The monoisotopic (exact) mass is 2440 g/mol. The molecule has 13 rings (SSSR count). The number of fused-ring (bicyclic) bond motifs is 6. The molecule has 45 heteroatoms. The smallest absolute Gasteiger partial charge is 1.00 e. The van der Waals surface area contributed by atoms with Gasteiger partial charge >= 0.3 is 255 Å². The second-order valence-corrected chi connectivity index (χ2v) is 41.0. The quantitative estimate of drug-likeness (QED) is 0.0141. The number of methoxy groups -OCH3 is 1. The van der Waals surface area contributed by atoms with Gasteiger partial charge in [0.15, 0.2) is 0 Å². The molecule has 7 heterocycles. The first kappa shape index (κ1) is 156. The second-order valence-electron chi connectivity index (χ2n) is 37.9. The number of carboxylic acids is 2. The van der Waals surface area contributed by atoms with E-state index in [1.54, 1.807) is 72.1 Å². The van der Waals surface area contributed by atoms with E-state index in [1.807, 2.05) is 226 Å². The minimum Gasteiger partial charge on any atom is -1.00 e. The fourth-order valence-corrected chi connectivity index (χ4v) is 14.6. The number of alkyl halides is 4. The number of ether oxygens (including phenoxy) is 8. The third-order valence-corrected chi connectivity index (χ3v) is 20.4. The first-order chi connectivity index (χ1) is 64.0. The summed E-state index contributed by atoms with van der Waals surface area (Å²) in [4.78, 5) is 140. The zero-order chi connectivity index (χ0) is 104. The first-order valence-corrected chi connectivity index (χ1v) is 49.7. The number of esters is 1. The van der Waals surface area contributed by atoms with Crippen LogP contribution in [0.1, 0.15) is 216 Å². The molecule has 0 bridgehead atoms. The van der Waals surface area contributed by atoms with Crippen LogP contribution in [0.3, 0.4) is 0 Å². The fraction of sp³-hybridized carbons (Fsp3) is 0.525. The second kappa shape index (κ2) is 77.0. The number of nitrogens with zero attached hydrogens (tertiary/aromatic N) is 6. The Labute approximate surface area is 1080 Å². The summed E-state index contributed by atoms with van der Waals surface area (Å²) in [5.74, 6) is -2.35. The van der Waals surface area contributed by atoms with Crippen molar-refractivity contribution in [1.82, 2.24) is 29.4 Å². The fourth-order valence-electron chi connectivity index (χ4n) is 14.4. The van der Waals surface area contributed by atoms with Crippen LogP contribution in [0.25, 0.3) is 0 Å². The molecular formula is C101H143BCl5I2K3LiMgN6O26. The number of hydrogen-bond donors (Lipinski definition) is 4. The van der Waals surface area contributed by atoms with Crippen LogP contribution in [-0.4, -0.2) is 269 Å². The number of epoxide rings is 1. The van der Waals surface area contributed by atoms with Gasteiger partial charge in [0.25, 0.3) is 6.47 Å². The van der Waals surface area contributed by atoms with Crippen molar-refractivity contribution < 1.29 is 315 Å². The number of benzene rings is 6. The van der Waals surface area contributed by atoms with Crippen molar-refractivity contribution in [3.05, 3.63) is 219 Å². The van der Waals surface area contributed by atoms with Crippen molar-refractivity contribution in [2.24, 2.45) is 0 Å². The number of carboxylic acid groups (broad SMARTS) is 2. The molecule has 0 spiro atoms. The zero-order valence-electron chi connectivity index (χ0n) is 90.4. The van der Waals surface area contributed by atoms with E-state index >= 15 is 0 Å². The van der Waals surface area contributed by atoms with E-state index in [0.717, 1.165) is 63.1 Å². The summed E-state index contributed by atoms with van der Waals surface area (Å²) in [6.07, 6.45) is 1.89. The summed E-state index contributed by atoms with van der Waals surface area (Å²) < 4.78 is 42.4. The number of halogens is 7. The summed E-state index contributed by atoms with van der Waals surface area (Å²) >= 11 is 23.8. The number of aliphatic hydroxyl groups is 2. The molecule has 2 unspecified atom stereocenters. The van der Waals surface area contributed by atoms with E-state index in [-0.39, 0.29) is 301 Å². The van der Waals surface area contributed by atoms with Crippen molar-refractivity contribution in [2.75, 3.05) is 35.0 Å². The molecule has 0 aromatic heterocycles. The topological polar surface area (TPSA) is 428 Å². The maximum atomic E-state index is 12.4. The van der Waals surface area contributed by atoms with Crippen LogP contribution in [0.4, 0.5) is 33.6 Å². The minimum absolute atomic E-state index is 0. The number of carbonyl (C=O) groups is 11. The molecule has 0 aliphatic carbocycles. The molecule has 6 aromatic carbocycles. The predicted molar refractivity (Wildman–Crippen MR) is 562 cm³/mol. The maximum absolute atomic E-state index is 12.4. The van der Waals surface area contributed by atoms with Crippen LogP contribution in [-0.2, 0) is 140 Å². The van der Waals surface area contributed by atoms with Crippen molar-refractivity contribution in [3.63, 3.8) is 0 Å². The number of aliphatic carboxylic acids is 2. The van der Waals surface area contributed by atoms with Crippen molar-refractivity contribution in [1.29, 1.82) is 0 Å². The van der Waals surface area contributed by atoms with Gasteiger partial charge in [0.2, 0.25) is 0 Å².